The summed E-state index contributed by atoms with van der Waals surface area (Å²) < 4.78 is 15.2. The van der Waals surface area contributed by atoms with Gasteiger partial charge in [-0.1, -0.05) is 6.07 Å². The third kappa shape index (κ3) is 2.80. The number of rotatable bonds is 4. The van der Waals surface area contributed by atoms with E-state index in [-0.39, 0.29) is 11.2 Å². The number of nitrogens with one attached hydrogen (secondary N) is 1. The number of pyridine rings is 1. The molecule has 1 aliphatic carbocycles. The maximum Gasteiger partial charge on any atom is 0.186 e. The smallest absolute Gasteiger partial charge is 0.186 e. The zero-order valence-electron chi connectivity index (χ0n) is 11.4. The minimum atomic E-state index is -0.279. The first-order chi connectivity index (χ1) is 9.63. The lowest BCUT2D eigenvalue weighted by molar-refractivity contribution is 0.626. The van der Waals surface area contributed by atoms with Crippen molar-refractivity contribution >= 4 is 0 Å². The van der Waals surface area contributed by atoms with Gasteiger partial charge in [-0.25, -0.2) is 4.39 Å². The largest absolute Gasteiger partial charge is 0.320 e. The second-order valence-corrected chi connectivity index (χ2v) is 5.31. The minimum absolute atomic E-state index is 0.0308. The zero-order chi connectivity index (χ0) is 14.1. The van der Waals surface area contributed by atoms with Crippen LogP contribution in [0.25, 0.3) is 5.69 Å². The second-order valence-electron chi connectivity index (χ2n) is 5.31. The highest BCUT2D eigenvalue weighted by molar-refractivity contribution is 5.36. The molecule has 1 N–H and O–H groups in total. The molecule has 2 aromatic rings. The van der Waals surface area contributed by atoms with Crippen molar-refractivity contribution in [2.24, 2.45) is 0 Å². The molecule has 0 aliphatic heterocycles. The molecule has 1 aromatic carbocycles. The number of nitrogens with zero attached hydrogens (tertiary/aromatic N) is 1. The predicted molar refractivity (Wildman–Crippen MR) is 76.6 cm³/mol. The summed E-state index contributed by atoms with van der Waals surface area (Å²) in [6.45, 7) is 2.42. The fourth-order valence-electron chi connectivity index (χ4n) is 2.25. The van der Waals surface area contributed by atoms with Crippen LogP contribution in [0.3, 0.4) is 0 Å². The molecule has 20 heavy (non-hydrogen) atoms. The first kappa shape index (κ1) is 13.1. The predicted octanol–water partition coefficient (Wildman–Crippen LogP) is 2.54. The lowest BCUT2D eigenvalue weighted by Gasteiger charge is -2.13. The zero-order valence-corrected chi connectivity index (χ0v) is 11.4. The van der Waals surface area contributed by atoms with E-state index in [1.807, 2.05) is 23.8 Å². The Kier molecular flexibility index (Phi) is 3.40. The molecular weight excluding hydrogens is 255 g/mol. The van der Waals surface area contributed by atoms with E-state index in [0.29, 0.717) is 18.2 Å². The second kappa shape index (κ2) is 5.21. The Morgan fingerprint density at radius 3 is 2.85 bits per heavy atom. The molecule has 104 valence electrons. The van der Waals surface area contributed by atoms with Gasteiger partial charge in [-0.2, -0.15) is 0 Å². The summed E-state index contributed by atoms with van der Waals surface area (Å²) in [6, 6.07) is 8.54. The number of aromatic nitrogens is 1. The fourth-order valence-corrected chi connectivity index (χ4v) is 2.25. The highest BCUT2D eigenvalue weighted by atomic mass is 19.1. The lowest BCUT2D eigenvalue weighted by Crippen LogP contribution is -2.22. The molecule has 1 heterocycles. The average molecular weight is 272 g/mol. The molecule has 0 unspecified atom stereocenters. The van der Waals surface area contributed by atoms with Crippen LogP contribution < -0.4 is 10.7 Å². The minimum Gasteiger partial charge on any atom is -0.320 e. The van der Waals surface area contributed by atoms with Crippen LogP contribution in [0.5, 0.6) is 0 Å². The molecule has 0 amide bonds. The standard InChI is InChI=1S/C16H17FN2O/c1-11-7-16(20)12(9-18-14-5-6-14)10-19(11)15-4-2-3-13(17)8-15/h2-4,7-8,10,14,18H,5-6,9H2,1H3. The number of halogens is 1. The van der Waals surface area contributed by atoms with Crippen LogP contribution in [0.4, 0.5) is 4.39 Å². The van der Waals surface area contributed by atoms with Crippen molar-refractivity contribution in [1.82, 2.24) is 9.88 Å². The molecule has 0 radical (unpaired) electrons. The van der Waals surface area contributed by atoms with Crippen molar-refractivity contribution in [3.63, 3.8) is 0 Å². The van der Waals surface area contributed by atoms with Crippen molar-refractivity contribution in [2.45, 2.75) is 32.4 Å². The molecule has 1 fully saturated rings. The van der Waals surface area contributed by atoms with Gasteiger partial charge in [-0.3, -0.25) is 4.79 Å². The number of hydrogen-bond donors (Lipinski definition) is 1. The Balaban J connectivity index is 1.96. The summed E-state index contributed by atoms with van der Waals surface area (Å²) >= 11 is 0. The molecule has 0 atom stereocenters. The van der Waals surface area contributed by atoms with Crippen LogP contribution in [0.2, 0.25) is 0 Å². The monoisotopic (exact) mass is 272 g/mol. The summed E-state index contributed by atoms with van der Waals surface area (Å²) in [5, 5.41) is 3.34. The van der Waals surface area contributed by atoms with Crippen molar-refractivity contribution in [1.29, 1.82) is 0 Å². The number of benzene rings is 1. The highest BCUT2D eigenvalue weighted by Gasteiger charge is 2.20. The fraction of sp³-hybridized carbons (Fsp3) is 0.312. The van der Waals surface area contributed by atoms with Crippen molar-refractivity contribution in [3.05, 3.63) is 63.8 Å². The Labute approximate surface area is 117 Å². The van der Waals surface area contributed by atoms with Crippen LogP contribution in [0.1, 0.15) is 24.1 Å². The first-order valence-electron chi connectivity index (χ1n) is 6.85. The maximum absolute atomic E-state index is 13.3. The van der Waals surface area contributed by atoms with Gasteiger partial charge in [-0.15, -0.1) is 0 Å². The van der Waals surface area contributed by atoms with Crippen molar-refractivity contribution in [2.75, 3.05) is 0 Å². The SMILES string of the molecule is Cc1cc(=O)c(CNC2CC2)cn1-c1cccc(F)c1. The van der Waals surface area contributed by atoms with E-state index in [1.54, 1.807) is 12.1 Å². The van der Waals surface area contributed by atoms with Gasteiger partial charge in [0.25, 0.3) is 0 Å². The van der Waals surface area contributed by atoms with Gasteiger partial charge in [0.1, 0.15) is 5.82 Å². The van der Waals surface area contributed by atoms with Gasteiger partial charge in [0.2, 0.25) is 0 Å². The Morgan fingerprint density at radius 2 is 2.15 bits per heavy atom. The van der Waals surface area contributed by atoms with E-state index >= 15 is 0 Å². The molecule has 0 saturated heterocycles. The number of aryl methyl sites for hydroxylation is 1. The lowest BCUT2D eigenvalue weighted by atomic mass is 10.2. The maximum atomic E-state index is 13.3. The summed E-state index contributed by atoms with van der Waals surface area (Å²) in [5.41, 5.74) is 2.28. The van der Waals surface area contributed by atoms with Crippen LogP contribution >= 0.6 is 0 Å². The number of hydrogen-bond acceptors (Lipinski definition) is 2. The Hall–Kier alpha value is -1.94. The van der Waals surface area contributed by atoms with Gasteiger partial charge in [0, 0.05) is 41.8 Å². The van der Waals surface area contributed by atoms with E-state index in [1.165, 1.54) is 25.0 Å². The van der Waals surface area contributed by atoms with E-state index < -0.39 is 0 Å². The molecule has 3 nitrogen and oxygen atoms in total. The third-order valence-corrected chi connectivity index (χ3v) is 3.57. The molecular formula is C16H17FN2O. The van der Waals surface area contributed by atoms with Crippen LogP contribution in [0.15, 0.2) is 41.3 Å². The Morgan fingerprint density at radius 1 is 1.35 bits per heavy atom. The van der Waals surface area contributed by atoms with Gasteiger partial charge < -0.3 is 9.88 Å². The van der Waals surface area contributed by atoms with Crippen LogP contribution in [0, 0.1) is 12.7 Å². The summed E-state index contributed by atoms with van der Waals surface area (Å²) in [5.74, 6) is -0.279. The average Bonchev–Trinajstić information content (AvgIpc) is 3.22. The van der Waals surface area contributed by atoms with Gasteiger partial charge in [0.15, 0.2) is 5.43 Å². The van der Waals surface area contributed by atoms with Gasteiger partial charge >= 0.3 is 0 Å². The van der Waals surface area contributed by atoms with Crippen molar-refractivity contribution in [3.8, 4) is 5.69 Å². The topological polar surface area (TPSA) is 34.0 Å². The van der Waals surface area contributed by atoms with E-state index in [4.69, 9.17) is 0 Å². The molecule has 1 saturated carbocycles. The Bertz CT molecular complexity index is 689. The van der Waals surface area contributed by atoms with E-state index in [0.717, 1.165) is 11.4 Å². The molecule has 4 heteroatoms. The first-order valence-corrected chi connectivity index (χ1v) is 6.85. The molecule has 0 bridgehead atoms. The molecule has 3 rings (SSSR count). The molecule has 0 spiro atoms. The van der Waals surface area contributed by atoms with E-state index in [2.05, 4.69) is 5.32 Å². The van der Waals surface area contributed by atoms with Crippen molar-refractivity contribution < 1.29 is 4.39 Å². The molecule has 1 aromatic heterocycles. The normalized spacial score (nSPS) is 14.5. The summed E-state index contributed by atoms with van der Waals surface area (Å²) in [7, 11) is 0. The van der Waals surface area contributed by atoms with E-state index in [9.17, 15) is 9.18 Å². The summed E-state index contributed by atoms with van der Waals surface area (Å²) in [6.07, 6.45) is 4.18. The quantitative estimate of drug-likeness (QED) is 0.928. The summed E-state index contributed by atoms with van der Waals surface area (Å²) in [4.78, 5) is 12.0. The third-order valence-electron chi connectivity index (χ3n) is 3.57. The van der Waals surface area contributed by atoms with Crippen LogP contribution in [-0.2, 0) is 6.54 Å². The van der Waals surface area contributed by atoms with Crippen LogP contribution in [-0.4, -0.2) is 10.6 Å². The molecule has 1 aliphatic rings. The van der Waals surface area contributed by atoms with Gasteiger partial charge in [-0.05, 0) is 38.0 Å². The van der Waals surface area contributed by atoms with Gasteiger partial charge in [0.05, 0.1) is 0 Å². The highest BCUT2D eigenvalue weighted by Crippen LogP contribution is 2.19.